The van der Waals surface area contributed by atoms with E-state index in [2.05, 4.69) is 0 Å². The zero-order valence-corrected chi connectivity index (χ0v) is 18.2. The number of anilines is 1. The van der Waals surface area contributed by atoms with E-state index in [-0.39, 0.29) is 12.6 Å². The highest BCUT2D eigenvalue weighted by Gasteiger charge is 2.30. The number of hydrogen-bond donors (Lipinski definition) is 0. The summed E-state index contributed by atoms with van der Waals surface area (Å²) in [6.07, 6.45) is 0.792. The van der Waals surface area contributed by atoms with Crippen LogP contribution in [0.5, 0.6) is 5.75 Å². The first-order valence-corrected chi connectivity index (χ1v) is 10.3. The third kappa shape index (κ3) is 5.75. The van der Waals surface area contributed by atoms with E-state index in [1.807, 2.05) is 76.2 Å². The quantitative estimate of drug-likeness (QED) is 0.656. The lowest BCUT2D eigenvalue weighted by Gasteiger charge is -2.35. The topological polar surface area (TPSA) is 59.1 Å². The van der Waals surface area contributed by atoms with Crippen LogP contribution in [0.3, 0.4) is 0 Å². The van der Waals surface area contributed by atoms with Gasteiger partial charge >= 0.3 is 12.0 Å². The van der Waals surface area contributed by atoms with Gasteiger partial charge in [0.05, 0.1) is 0 Å². The molecule has 1 heterocycles. The Bertz CT molecular complexity index is 890. The highest BCUT2D eigenvalue weighted by atomic mass is 16.6. The molecule has 30 heavy (non-hydrogen) atoms. The van der Waals surface area contributed by atoms with Gasteiger partial charge in [-0.15, -0.1) is 0 Å². The number of urea groups is 1. The predicted octanol–water partition coefficient (Wildman–Crippen LogP) is 4.55. The summed E-state index contributed by atoms with van der Waals surface area (Å²) in [5.41, 5.74) is 2.30. The SMILES string of the molecule is Cc1cc(N2CCCN(CC(=O)OC(C)(C)C)C2=O)ccc1OCc1ccccc1. The summed E-state index contributed by atoms with van der Waals surface area (Å²) >= 11 is 0. The molecule has 0 unspecified atom stereocenters. The maximum Gasteiger partial charge on any atom is 0.326 e. The van der Waals surface area contributed by atoms with E-state index in [1.54, 1.807) is 9.80 Å². The third-order valence-corrected chi connectivity index (χ3v) is 4.76. The van der Waals surface area contributed by atoms with E-state index >= 15 is 0 Å². The fourth-order valence-corrected chi connectivity index (χ4v) is 3.40. The zero-order chi connectivity index (χ0) is 21.7. The van der Waals surface area contributed by atoms with Crippen molar-refractivity contribution in [3.63, 3.8) is 0 Å². The molecule has 0 atom stereocenters. The number of benzene rings is 2. The molecule has 6 nitrogen and oxygen atoms in total. The van der Waals surface area contributed by atoms with Gasteiger partial charge in [-0.3, -0.25) is 9.69 Å². The number of amides is 2. The van der Waals surface area contributed by atoms with E-state index in [4.69, 9.17) is 9.47 Å². The second kappa shape index (κ2) is 9.20. The summed E-state index contributed by atoms with van der Waals surface area (Å²) in [5, 5.41) is 0. The smallest absolute Gasteiger partial charge is 0.326 e. The van der Waals surface area contributed by atoms with Crippen molar-refractivity contribution in [3.8, 4) is 5.75 Å². The number of carbonyl (C=O) groups is 2. The molecule has 1 fully saturated rings. The Hall–Kier alpha value is -3.02. The third-order valence-electron chi connectivity index (χ3n) is 4.76. The van der Waals surface area contributed by atoms with Crippen LogP contribution in [-0.2, 0) is 16.1 Å². The number of aryl methyl sites for hydroxylation is 1. The number of nitrogens with zero attached hydrogens (tertiary/aromatic N) is 2. The van der Waals surface area contributed by atoms with Crippen LogP contribution < -0.4 is 9.64 Å². The van der Waals surface area contributed by atoms with Gasteiger partial charge in [0.25, 0.3) is 0 Å². The average Bonchev–Trinajstić information content (AvgIpc) is 2.68. The molecule has 0 aromatic heterocycles. The van der Waals surface area contributed by atoms with Crippen molar-refractivity contribution in [2.45, 2.75) is 46.3 Å². The van der Waals surface area contributed by atoms with Crippen molar-refractivity contribution in [1.82, 2.24) is 4.90 Å². The van der Waals surface area contributed by atoms with Crippen molar-refractivity contribution in [1.29, 1.82) is 0 Å². The Labute approximate surface area is 178 Å². The molecule has 0 saturated carbocycles. The largest absolute Gasteiger partial charge is 0.489 e. The summed E-state index contributed by atoms with van der Waals surface area (Å²) in [7, 11) is 0. The van der Waals surface area contributed by atoms with E-state index < -0.39 is 11.6 Å². The van der Waals surface area contributed by atoms with Gasteiger partial charge in [-0.2, -0.15) is 0 Å². The van der Waals surface area contributed by atoms with Gasteiger partial charge in [0.2, 0.25) is 0 Å². The molecule has 1 aliphatic heterocycles. The zero-order valence-electron chi connectivity index (χ0n) is 18.2. The van der Waals surface area contributed by atoms with Crippen LogP contribution in [0.2, 0.25) is 0 Å². The molecule has 0 aliphatic carbocycles. The standard InChI is InChI=1S/C24H30N2O4/c1-18-15-20(11-12-21(18)29-17-19-9-6-5-7-10-19)26-14-8-13-25(23(26)28)16-22(27)30-24(2,3)4/h5-7,9-12,15H,8,13-14,16-17H2,1-4H3. The molecule has 2 aromatic rings. The van der Waals surface area contributed by atoms with Crippen LogP contribution in [0.25, 0.3) is 0 Å². The summed E-state index contributed by atoms with van der Waals surface area (Å²) in [6, 6.07) is 15.6. The predicted molar refractivity (Wildman–Crippen MR) is 117 cm³/mol. The molecule has 0 bridgehead atoms. The highest BCUT2D eigenvalue weighted by Crippen LogP contribution is 2.27. The highest BCUT2D eigenvalue weighted by molar-refractivity contribution is 5.94. The van der Waals surface area contributed by atoms with Gasteiger partial charge in [-0.1, -0.05) is 30.3 Å². The Kier molecular flexibility index (Phi) is 6.65. The summed E-state index contributed by atoms with van der Waals surface area (Å²) in [4.78, 5) is 28.4. The summed E-state index contributed by atoms with van der Waals surface area (Å²) < 4.78 is 11.3. The van der Waals surface area contributed by atoms with Gasteiger partial charge < -0.3 is 14.4 Å². The van der Waals surface area contributed by atoms with E-state index in [9.17, 15) is 9.59 Å². The fourth-order valence-electron chi connectivity index (χ4n) is 3.40. The maximum atomic E-state index is 12.9. The molecule has 1 aliphatic rings. The number of carbonyl (C=O) groups excluding carboxylic acids is 2. The monoisotopic (exact) mass is 410 g/mol. The minimum absolute atomic E-state index is 0.0378. The van der Waals surface area contributed by atoms with Crippen molar-refractivity contribution < 1.29 is 19.1 Å². The molecule has 2 aromatic carbocycles. The second-order valence-electron chi connectivity index (χ2n) is 8.52. The number of esters is 1. The first kappa shape index (κ1) is 21.7. The first-order valence-electron chi connectivity index (χ1n) is 10.3. The minimum Gasteiger partial charge on any atom is -0.489 e. The first-order chi connectivity index (χ1) is 14.2. The van der Waals surface area contributed by atoms with Crippen molar-refractivity contribution >= 4 is 17.7 Å². The van der Waals surface area contributed by atoms with Crippen LogP contribution in [0, 0.1) is 6.92 Å². The van der Waals surface area contributed by atoms with Crippen LogP contribution in [0.15, 0.2) is 48.5 Å². The van der Waals surface area contributed by atoms with Gasteiger partial charge in [0.1, 0.15) is 24.5 Å². The lowest BCUT2D eigenvalue weighted by atomic mass is 10.1. The molecule has 1 saturated heterocycles. The van der Waals surface area contributed by atoms with E-state index in [0.29, 0.717) is 19.7 Å². The Morgan fingerprint density at radius 3 is 2.47 bits per heavy atom. The normalized spacial score (nSPS) is 14.6. The summed E-state index contributed by atoms with van der Waals surface area (Å²) in [6.45, 7) is 9.05. The summed E-state index contributed by atoms with van der Waals surface area (Å²) in [5.74, 6) is 0.399. The van der Waals surface area contributed by atoms with Gasteiger partial charge in [0.15, 0.2) is 0 Å². The number of hydrogen-bond acceptors (Lipinski definition) is 4. The second-order valence-corrected chi connectivity index (χ2v) is 8.52. The molecule has 0 radical (unpaired) electrons. The Balaban J connectivity index is 1.65. The fraction of sp³-hybridized carbons (Fsp3) is 0.417. The van der Waals surface area contributed by atoms with Gasteiger partial charge in [0, 0.05) is 18.8 Å². The van der Waals surface area contributed by atoms with Crippen molar-refractivity contribution in [2.75, 3.05) is 24.5 Å². The van der Waals surface area contributed by atoms with Crippen LogP contribution in [0.1, 0.15) is 38.3 Å². The van der Waals surface area contributed by atoms with Gasteiger partial charge in [-0.05, 0) is 63.4 Å². The van der Waals surface area contributed by atoms with Crippen LogP contribution in [0.4, 0.5) is 10.5 Å². The minimum atomic E-state index is -0.567. The molecule has 0 spiro atoms. The van der Waals surface area contributed by atoms with Gasteiger partial charge in [-0.25, -0.2) is 4.79 Å². The molecular formula is C24H30N2O4. The molecule has 0 N–H and O–H groups in total. The lowest BCUT2D eigenvalue weighted by Crippen LogP contribution is -2.51. The molecule has 160 valence electrons. The number of ether oxygens (including phenoxy) is 2. The average molecular weight is 411 g/mol. The lowest BCUT2D eigenvalue weighted by molar-refractivity contribution is -0.155. The van der Waals surface area contributed by atoms with E-state index in [1.165, 1.54) is 0 Å². The molecule has 3 rings (SSSR count). The van der Waals surface area contributed by atoms with Crippen LogP contribution >= 0.6 is 0 Å². The maximum absolute atomic E-state index is 12.9. The Morgan fingerprint density at radius 2 is 1.80 bits per heavy atom. The van der Waals surface area contributed by atoms with Crippen molar-refractivity contribution in [3.05, 3.63) is 59.7 Å². The molecular weight excluding hydrogens is 380 g/mol. The number of rotatable bonds is 6. The molecule has 2 amide bonds. The Morgan fingerprint density at radius 1 is 1.07 bits per heavy atom. The van der Waals surface area contributed by atoms with E-state index in [0.717, 1.165) is 29.0 Å². The molecule has 6 heteroatoms. The van der Waals surface area contributed by atoms with Crippen molar-refractivity contribution in [2.24, 2.45) is 0 Å². The van der Waals surface area contributed by atoms with Crippen LogP contribution in [-0.4, -0.2) is 42.1 Å².